The standard InChI is InChI=1S/C26H24F3N3O4S/c1-3-14-36-23-9-4-6-20(15-23)17-30-31-25(33)18-32(22-8-5-7-21(16-22)26(27,28)29)37(34,35)24-12-10-19(2)11-13-24/h3-13,15-17H,1,14,18H2,2H3,(H,31,33)/b30-17-. The van der Waals surface area contributed by atoms with Crippen LogP contribution in [0, 0.1) is 6.92 Å². The molecule has 3 aromatic carbocycles. The summed E-state index contributed by atoms with van der Waals surface area (Å²) >= 11 is 0. The quantitative estimate of drug-likeness (QED) is 0.228. The average molecular weight is 532 g/mol. The number of carbonyl (C=O) groups is 1. The Hall–Kier alpha value is -4.12. The van der Waals surface area contributed by atoms with E-state index < -0.39 is 34.2 Å². The molecule has 3 aromatic rings. The van der Waals surface area contributed by atoms with Gasteiger partial charge in [0.05, 0.1) is 22.4 Å². The van der Waals surface area contributed by atoms with E-state index in [0.717, 1.165) is 17.7 Å². The predicted octanol–water partition coefficient (Wildman–Crippen LogP) is 4.92. The topological polar surface area (TPSA) is 88.1 Å². The van der Waals surface area contributed by atoms with Gasteiger partial charge >= 0.3 is 6.18 Å². The van der Waals surface area contributed by atoms with Crippen molar-refractivity contribution in [2.45, 2.75) is 18.0 Å². The van der Waals surface area contributed by atoms with Gasteiger partial charge in [0.2, 0.25) is 0 Å². The van der Waals surface area contributed by atoms with Crippen LogP contribution in [0.3, 0.4) is 0 Å². The third-order valence-corrected chi connectivity index (χ3v) is 6.77. The van der Waals surface area contributed by atoms with Gasteiger partial charge in [-0.2, -0.15) is 18.3 Å². The first kappa shape index (κ1) is 27.5. The minimum absolute atomic E-state index is 0.178. The largest absolute Gasteiger partial charge is 0.490 e. The summed E-state index contributed by atoms with van der Waals surface area (Å²) in [5.74, 6) is -0.307. The maximum atomic E-state index is 13.4. The number of alkyl halides is 3. The number of nitrogens with one attached hydrogen (secondary N) is 1. The van der Waals surface area contributed by atoms with Crippen LogP contribution in [0.15, 0.2) is 95.4 Å². The van der Waals surface area contributed by atoms with Gasteiger partial charge in [0.1, 0.15) is 18.9 Å². The summed E-state index contributed by atoms with van der Waals surface area (Å²) in [6.45, 7) is 4.82. The van der Waals surface area contributed by atoms with Crippen LogP contribution in [0.1, 0.15) is 16.7 Å². The molecule has 0 saturated carbocycles. The van der Waals surface area contributed by atoms with E-state index in [1.54, 1.807) is 49.4 Å². The fraction of sp³-hybridized carbons (Fsp3) is 0.154. The fourth-order valence-electron chi connectivity index (χ4n) is 3.17. The van der Waals surface area contributed by atoms with E-state index in [1.807, 2.05) is 0 Å². The highest BCUT2D eigenvalue weighted by Crippen LogP contribution is 2.33. The maximum Gasteiger partial charge on any atom is 0.416 e. The third-order valence-electron chi connectivity index (χ3n) is 4.99. The Morgan fingerprint density at radius 3 is 2.46 bits per heavy atom. The summed E-state index contributed by atoms with van der Waals surface area (Å²) in [6.07, 6.45) is -1.80. The zero-order valence-corrected chi connectivity index (χ0v) is 20.6. The van der Waals surface area contributed by atoms with Crippen molar-refractivity contribution in [1.82, 2.24) is 5.43 Å². The summed E-state index contributed by atoms with van der Waals surface area (Å²) in [5.41, 5.74) is 2.22. The summed E-state index contributed by atoms with van der Waals surface area (Å²) < 4.78 is 72.7. The lowest BCUT2D eigenvalue weighted by Gasteiger charge is -2.24. The molecule has 0 unspecified atom stereocenters. The van der Waals surface area contributed by atoms with Crippen molar-refractivity contribution in [3.63, 3.8) is 0 Å². The lowest BCUT2D eigenvalue weighted by Crippen LogP contribution is -2.39. The molecule has 1 N–H and O–H groups in total. The molecule has 11 heteroatoms. The van der Waals surface area contributed by atoms with Crippen molar-refractivity contribution in [3.05, 3.63) is 102 Å². The second-order valence-electron chi connectivity index (χ2n) is 7.84. The van der Waals surface area contributed by atoms with Gasteiger partial charge in [0, 0.05) is 0 Å². The Labute approximate surface area is 212 Å². The highest BCUT2D eigenvalue weighted by atomic mass is 32.2. The molecule has 1 amide bonds. The number of nitrogens with zero attached hydrogens (tertiary/aromatic N) is 2. The average Bonchev–Trinajstić information content (AvgIpc) is 2.86. The van der Waals surface area contributed by atoms with Crippen molar-refractivity contribution in [3.8, 4) is 5.75 Å². The molecule has 0 fully saturated rings. The van der Waals surface area contributed by atoms with Crippen molar-refractivity contribution < 1.29 is 31.1 Å². The summed E-state index contributed by atoms with van der Waals surface area (Å²) in [7, 11) is -4.39. The second-order valence-corrected chi connectivity index (χ2v) is 9.70. The van der Waals surface area contributed by atoms with Gasteiger partial charge in [0.15, 0.2) is 0 Å². The lowest BCUT2D eigenvalue weighted by atomic mass is 10.2. The number of ether oxygens (including phenoxy) is 1. The number of sulfonamides is 1. The molecular weight excluding hydrogens is 507 g/mol. The Balaban J connectivity index is 1.86. The van der Waals surface area contributed by atoms with Gasteiger partial charge in [-0.1, -0.05) is 48.6 Å². The van der Waals surface area contributed by atoms with Gasteiger partial charge in [-0.15, -0.1) is 0 Å². The number of aryl methyl sites for hydroxylation is 1. The monoisotopic (exact) mass is 531 g/mol. The number of carbonyl (C=O) groups excluding carboxylic acids is 1. The van der Waals surface area contributed by atoms with Crippen molar-refractivity contribution in [2.24, 2.45) is 5.10 Å². The fourth-order valence-corrected chi connectivity index (χ4v) is 4.59. The Morgan fingerprint density at radius 2 is 1.78 bits per heavy atom. The van der Waals surface area contributed by atoms with Crippen LogP contribution in [0.2, 0.25) is 0 Å². The zero-order chi connectivity index (χ0) is 27.1. The van der Waals surface area contributed by atoms with E-state index in [4.69, 9.17) is 4.74 Å². The normalized spacial score (nSPS) is 11.8. The Bertz CT molecular complexity index is 1390. The van der Waals surface area contributed by atoms with Crippen LogP contribution >= 0.6 is 0 Å². The predicted molar refractivity (Wildman–Crippen MR) is 135 cm³/mol. The van der Waals surface area contributed by atoms with E-state index >= 15 is 0 Å². The molecular formula is C26H24F3N3O4S. The first-order chi connectivity index (χ1) is 17.5. The van der Waals surface area contributed by atoms with Crippen molar-refractivity contribution in [1.29, 1.82) is 0 Å². The molecule has 7 nitrogen and oxygen atoms in total. The van der Waals surface area contributed by atoms with Gasteiger partial charge in [-0.25, -0.2) is 13.8 Å². The molecule has 0 heterocycles. The summed E-state index contributed by atoms with van der Waals surface area (Å²) in [5, 5.41) is 3.83. The highest BCUT2D eigenvalue weighted by molar-refractivity contribution is 7.92. The minimum atomic E-state index is -4.70. The molecule has 0 aliphatic carbocycles. The first-order valence-electron chi connectivity index (χ1n) is 10.9. The number of benzene rings is 3. The lowest BCUT2D eigenvalue weighted by molar-refractivity contribution is -0.137. The molecule has 37 heavy (non-hydrogen) atoms. The highest BCUT2D eigenvalue weighted by Gasteiger charge is 2.33. The number of anilines is 1. The number of hydrogen-bond donors (Lipinski definition) is 1. The maximum absolute atomic E-state index is 13.4. The number of hydrazone groups is 1. The zero-order valence-electron chi connectivity index (χ0n) is 19.8. The Morgan fingerprint density at radius 1 is 1.08 bits per heavy atom. The molecule has 0 spiro atoms. The third kappa shape index (κ3) is 7.43. The molecule has 194 valence electrons. The minimum Gasteiger partial charge on any atom is -0.490 e. The van der Waals surface area contributed by atoms with Crippen molar-refractivity contribution >= 4 is 27.8 Å². The molecule has 0 radical (unpaired) electrons. The van der Waals surface area contributed by atoms with E-state index in [2.05, 4.69) is 17.1 Å². The molecule has 0 aromatic heterocycles. The first-order valence-corrected chi connectivity index (χ1v) is 12.4. The van der Waals surface area contributed by atoms with Crippen molar-refractivity contribution in [2.75, 3.05) is 17.5 Å². The van der Waals surface area contributed by atoms with Gasteiger partial charge in [0.25, 0.3) is 15.9 Å². The van der Waals surface area contributed by atoms with Crippen LogP contribution in [0.5, 0.6) is 5.75 Å². The van der Waals surface area contributed by atoms with Crippen LogP contribution in [-0.4, -0.2) is 33.7 Å². The number of halogens is 3. The number of amides is 1. The van der Waals surface area contributed by atoms with Crippen LogP contribution in [0.25, 0.3) is 0 Å². The smallest absolute Gasteiger partial charge is 0.416 e. The van der Waals surface area contributed by atoms with Crippen LogP contribution in [0.4, 0.5) is 18.9 Å². The summed E-state index contributed by atoms with van der Waals surface area (Å²) in [6, 6.07) is 16.3. The van der Waals surface area contributed by atoms with Gasteiger partial charge in [-0.05, 0) is 55.0 Å². The Kier molecular flexibility index (Phi) is 8.72. The van der Waals surface area contributed by atoms with Gasteiger partial charge in [-0.3, -0.25) is 9.10 Å². The SMILES string of the molecule is C=CCOc1cccc(/C=N\NC(=O)CN(c2cccc(C(F)(F)F)c2)S(=O)(=O)c2ccc(C)cc2)c1. The molecule has 0 atom stereocenters. The second kappa shape index (κ2) is 11.7. The molecule has 0 saturated heterocycles. The number of rotatable bonds is 10. The van der Waals surface area contributed by atoms with E-state index in [-0.39, 0.29) is 10.6 Å². The molecule has 0 aliphatic heterocycles. The van der Waals surface area contributed by atoms with E-state index in [1.165, 1.54) is 24.4 Å². The van der Waals surface area contributed by atoms with Gasteiger partial charge < -0.3 is 4.74 Å². The van der Waals surface area contributed by atoms with Crippen LogP contribution in [-0.2, 0) is 21.0 Å². The number of hydrogen-bond acceptors (Lipinski definition) is 5. The molecule has 3 rings (SSSR count). The molecule has 0 aliphatic rings. The van der Waals surface area contributed by atoms with E-state index in [0.29, 0.717) is 28.3 Å². The molecule has 0 bridgehead atoms. The van der Waals surface area contributed by atoms with E-state index in [9.17, 15) is 26.4 Å². The van der Waals surface area contributed by atoms with Crippen LogP contribution < -0.4 is 14.5 Å². The summed E-state index contributed by atoms with van der Waals surface area (Å²) in [4.78, 5) is 12.5.